The first-order valence-electron chi connectivity index (χ1n) is 7.10. The van der Waals surface area contributed by atoms with Gasteiger partial charge in [-0.1, -0.05) is 32.9 Å². The molecule has 0 radical (unpaired) electrons. The zero-order valence-electron chi connectivity index (χ0n) is 12.6. The molecule has 0 fully saturated rings. The quantitative estimate of drug-likeness (QED) is 0.877. The number of nitrogens with one attached hydrogen (secondary N) is 1. The van der Waals surface area contributed by atoms with Crippen LogP contribution in [0.4, 0.5) is 0 Å². The van der Waals surface area contributed by atoms with Crippen LogP contribution in [0.3, 0.4) is 0 Å². The maximum absolute atomic E-state index is 5.33. The van der Waals surface area contributed by atoms with Crippen LogP contribution in [0.25, 0.3) is 11.6 Å². The number of nitrogens with zero attached hydrogens (tertiary/aromatic N) is 2. The topological polar surface area (TPSA) is 64.1 Å². The molecule has 2 aromatic rings. The van der Waals surface area contributed by atoms with E-state index in [-0.39, 0.29) is 5.41 Å². The summed E-state index contributed by atoms with van der Waals surface area (Å²) in [6.45, 7) is 9.79. The molecule has 0 saturated carbocycles. The minimum absolute atomic E-state index is 0.133. The molecular formula is C15H23N3O2. The van der Waals surface area contributed by atoms with Crippen LogP contribution in [0.1, 0.15) is 40.0 Å². The Morgan fingerprint density at radius 3 is 2.75 bits per heavy atom. The van der Waals surface area contributed by atoms with Crippen LogP contribution < -0.4 is 5.32 Å². The van der Waals surface area contributed by atoms with E-state index in [1.54, 1.807) is 6.26 Å². The third-order valence-corrected chi connectivity index (χ3v) is 3.27. The molecule has 0 aliphatic carbocycles. The molecule has 1 atom stereocenters. The summed E-state index contributed by atoms with van der Waals surface area (Å²) in [5.41, 5.74) is 0.133. The van der Waals surface area contributed by atoms with Gasteiger partial charge < -0.3 is 14.3 Å². The number of hydrogen-bond donors (Lipinski definition) is 1. The second kappa shape index (κ2) is 6.22. The molecule has 110 valence electrons. The van der Waals surface area contributed by atoms with E-state index in [1.807, 2.05) is 12.1 Å². The van der Waals surface area contributed by atoms with Crippen molar-refractivity contribution in [2.24, 2.45) is 5.41 Å². The number of aromatic nitrogens is 2. The first-order chi connectivity index (χ1) is 9.50. The van der Waals surface area contributed by atoms with E-state index in [4.69, 9.17) is 8.94 Å². The van der Waals surface area contributed by atoms with Crippen LogP contribution in [-0.2, 0) is 6.42 Å². The van der Waals surface area contributed by atoms with Crippen molar-refractivity contribution in [2.75, 3.05) is 6.54 Å². The van der Waals surface area contributed by atoms with Gasteiger partial charge in [0.1, 0.15) is 0 Å². The molecule has 0 spiro atoms. The molecule has 5 heteroatoms. The summed E-state index contributed by atoms with van der Waals surface area (Å²) in [5.74, 6) is 1.78. The summed E-state index contributed by atoms with van der Waals surface area (Å²) in [6, 6.07) is 3.93. The fraction of sp³-hybridized carbons (Fsp3) is 0.600. The standard InChI is InChI=1S/C15H23N3O2/c1-5-8-16-12(15(2,3)4)10-13-17-14(18-20-13)11-7-6-9-19-11/h6-7,9,12,16H,5,8,10H2,1-4H3. The van der Waals surface area contributed by atoms with Crippen molar-refractivity contribution in [2.45, 2.75) is 46.6 Å². The summed E-state index contributed by atoms with van der Waals surface area (Å²) < 4.78 is 10.6. The number of rotatable bonds is 6. The zero-order valence-corrected chi connectivity index (χ0v) is 12.6. The fourth-order valence-electron chi connectivity index (χ4n) is 2.02. The molecule has 2 aromatic heterocycles. The van der Waals surface area contributed by atoms with Crippen molar-refractivity contribution in [1.82, 2.24) is 15.5 Å². The van der Waals surface area contributed by atoms with E-state index in [9.17, 15) is 0 Å². The Bertz CT molecular complexity index is 511. The van der Waals surface area contributed by atoms with E-state index in [1.165, 1.54) is 0 Å². The zero-order chi connectivity index (χ0) is 14.6. The van der Waals surface area contributed by atoms with Crippen LogP contribution in [0.5, 0.6) is 0 Å². The Kier molecular flexibility index (Phi) is 4.60. The van der Waals surface area contributed by atoms with Crippen LogP contribution in [0, 0.1) is 5.41 Å². The summed E-state index contributed by atoms with van der Waals surface area (Å²) >= 11 is 0. The lowest BCUT2D eigenvalue weighted by Crippen LogP contribution is -2.42. The monoisotopic (exact) mass is 277 g/mol. The van der Waals surface area contributed by atoms with E-state index >= 15 is 0 Å². The molecule has 20 heavy (non-hydrogen) atoms. The van der Waals surface area contributed by atoms with Gasteiger partial charge in [-0.25, -0.2) is 0 Å². The van der Waals surface area contributed by atoms with Gasteiger partial charge in [0.15, 0.2) is 5.76 Å². The highest BCUT2D eigenvalue weighted by Crippen LogP contribution is 2.23. The van der Waals surface area contributed by atoms with Crippen molar-refractivity contribution in [3.63, 3.8) is 0 Å². The molecule has 2 rings (SSSR count). The third kappa shape index (κ3) is 3.70. The van der Waals surface area contributed by atoms with E-state index in [0.29, 0.717) is 23.5 Å². The van der Waals surface area contributed by atoms with Gasteiger partial charge in [0.25, 0.3) is 0 Å². The minimum Gasteiger partial charge on any atom is -0.461 e. The second-order valence-corrected chi connectivity index (χ2v) is 6.07. The highest BCUT2D eigenvalue weighted by Gasteiger charge is 2.26. The SMILES string of the molecule is CCCNC(Cc1nc(-c2ccco2)no1)C(C)(C)C. The van der Waals surface area contributed by atoms with Crippen LogP contribution in [0.2, 0.25) is 0 Å². The lowest BCUT2D eigenvalue weighted by molar-refractivity contribution is 0.244. The first-order valence-corrected chi connectivity index (χ1v) is 7.10. The predicted octanol–water partition coefficient (Wildman–Crippen LogP) is 3.29. The maximum atomic E-state index is 5.33. The van der Waals surface area contributed by atoms with E-state index in [0.717, 1.165) is 19.4 Å². The first kappa shape index (κ1) is 14.8. The summed E-state index contributed by atoms with van der Waals surface area (Å²) in [7, 11) is 0. The van der Waals surface area contributed by atoms with E-state index in [2.05, 4.69) is 43.2 Å². The van der Waals surface area contributed by atoms with Gasteiger partial charge in [-0.05, 0) is 30.5 Å². The highest BCUT2D eigenvalue weighted by atomic mass is 16.5. The second-order valence-electron chi connectivity index (χ2n) is 6.07. The number of hydrogen-bond acceptors (Lipinski definition) is 5. The molecule has 0 bridgehead atoms. The molecule has 0 aromatic carbocycles. The summed E-state index contributed by atoms with van der Waals surface area (Å²) in [5, 5.41) is 7.52. The molecular weight excluding hydrogens is 254 g/mol. The average Bonchev–Trinajstić information content (AvgIpc) is 3.03. The predicted molar refractivity (Wildman–Crippen MR) is 77.2 cm³/mol. The van der Waals surface area contributed by atoms with Crippen LogP contribution >= 0.6 is 0 Å². The fourth-order valence-corrected chi connectivity index (χ4v) is 2.02. The third-order valence-electron chi connectivity index (χ3n) is 3.27. The van der Waals surface area contributed by atoms with Crippen molar-refractivity contribution >= 4 is 0 Å². The normalized spacial score (nSPS) is 13.6. The van der Waals surface area contributed by atoms with Crippen LogP contribution in [-0.4, -0.2) is 22.7 Å². The molecule has 5 nitrogen and oxygen atoms in total. The van der Waals surface area contributed by atoms with Gasteiger partial charge in [0.05, 0.1) is 6.26 Å². The molecule has 0 aliphatic heterocycles. The molecule has 1 N–H and O–H groups in total. The lowest BCUT2D eigenvalue weighted by Gasteiger charge is -2.30. The van der Waals surface area contributed by atoms with Crippen LogP contribution in [0.15, 0.2) is 27.3 Å². The molecule has 0 aliphatic rings. The Morgan fingerprint density at radius 2 is 2.15 bits per heavy atom. The molecule has 2 heterocycles. The Morgan fingerprint density at radius 1 is 1.35 bits per heavy atom. The maximum Gasteiger partial charge on any atom is 0.238 e. The van der Waals surface area contributed by atoms with Gasteiger partial charge >= 0.3 is 0 Å². The summed E-state index contributed by atoms with van der Waals surface area (Å²) in [4.78, 5) is 4.40. The van der Waals surface area contributed by atoms with Gasteiger partial charge in [-0.3, -0.25) is 0 Å². The smallest absolute Gasteiger partial charge is 0.238 e. The molecule has 0 amide bonds. The molecule has 1 unspecified atom stereocenters. The minimum atomic E-state index is 0.133. The highest BCUT2D eigenvalue weighted by molar-refractivity contribution is 5.44. The van der Waals surface area contributed by atoms with Gasteiger partial charge in [0.2, 0.25) is 11.7 Å². The largest absolute Gasteiger partial charge is 0.461 e. The van der Waals surface area contributed by atoms with Crippen molar-refractivity contribution in [3.05, 3.63) is 24.3 Å². The van der Waals surface area contributed by atoms with Gasteiger partial charge in [0, 0.05) is 12.5 Å². The van der Waals surface area contributed by atoms with Gasteiger partial charge in [-0.15, -0.1) is 0 Å². The lowest BCUT2D eigenvalue weighted by atomic mass is 9.84. The Hall–Kier alpha value is -1.62. The Labute approximate surface area is 119 Å². The van der Waals surface area contributed by atoms with Crippen molar-refractivity contribution in [1.29, 1.82) is 0 Å². The van der Waals surface area contributed by atoms with E-state index < -0.39 is 0 Å². The Balaban J connectivity index is 2.07. The van der Waals surface area contributed by atoms with Gasteiger partial charge in [-0.2, -0.15) is 4.98 Å². The average molecular weight is 277 g/mol. The van der Waals surface area contributed by atoms with Crippen molar-refractivity contribution < 1.29 is 8.94 Å². The van der Waals surface area contributed by atoms with Crippen molar-refractivity contribution in [3.8, 4) is 11.6 Å². The molecule has 0 saturated heterocycles. The number of furan rings is 1. The summed E-state index contributed by atoms with van der Waals surface area (Å²) in [6.07, 6.45) is 3.43.